The fourth-order valence-electron chi connectivity index (χ4n) is 3.35. The Morgan fingerprint density at radius 3 is 2.53 bits per heavy atom. The molecule has 0 heterocycles. The van der Waals surface area contributed by atoms with Crippen LogP contribution in [-0.4, -0.2) is 7.05 Å². The minimum atomic E-state index is -0.105. The minimum absolute atomic E-state index is 0.105. The molecule has 1 aliphatic carbocycles. The SMILES string of the molecule is CCC1CCC(C(NC)c2c(F)cccc2Br)CC1. The van der Waals surface area contributed by atoms with Crippen molar-refractivity contribution < 1.29 is 4.39 Å². The lowest BCUT2D eigenvalue weighted by Gasteiger charge is -2.34. The molecule has 1 aromatic rings. The molecular weight excluding hydrogens is 305 g/mol. The molecule has 0 spiro atoms. The average molecular weight is 328 g/mol. The lowest BCUT2D eigenvalue weighted by molar-refractivity contribution is 0.221. The van der Waals surface area contributed by atoms with Crippen molar-refractivity contribution in [3.63, 3.8) is 0 Å². The Balaban J connectivity index is 2.17. The van der Waals surface area contributed by atoms with E-state index in [0.29, 0.717) is 5.92 Å². The van der Waals surface area contributed by atoms with Crippen LogP contribution in [0.1, 0.15) is 50.6 Å². The largest absolute Gasteiger partial charge is 0.313 e. The maximum absolute atomic E-state index is 14.1. The van der Waals surface area contributed by atoms with Gasteiger partial charge in [0, 0.05) is 16.1 Å². The van der Waals surface area contributed by atoms with Gasteiger partial charge in [-0.05, 0) is 43.9 Å². The first-order valence-electron chi connectivity index (χ1n) is 7.28. The Morgan fingerprint density at radius 2 is 2.00 bits per heavy atom. The normalized spacial score (nSPS) is 25.3. The summed E-state index contributed by atoms with van der Waals surface area (Å²) in [5.41, 5.74) is 0.796. The van der Waals surface area contributed by atoms with Crippen LogP contribution in [0.15, 0.2) is 22.7 Å². The summed E-state index contributed by atoms with van der Waals surface area (Å²) in [6, 6.07) is 5.36. The van der Waals surface area contributed by atoms with Crippen LogP contribution in [0, 0.1) is 17.7 Å². The van der Waals surface area contributed by atoms with Crippen LogP contribution >= 0.6 is 15.9 Å². The first-order chi connectivity index (χ1) is 9.17. The zero-order chi connectivity index (χ0) is 13.8. The summed E-state index contributed by atoms with van der Waals surface area (Å²) < 4.78 is 15.0. The fraction of sp³-hybridized carbons (Fsp3) is 0.625. The molecular formula is C16H23BrFN. The number of halogens is 2. The van der Waals surface area contributed by atoms with Crippen molar-refractivity contribution in [3.05, 3.63) is 34.1 Å². The van der Waals surface area contributed by atoms with Gasteiger partial charge < -0.3 is 5.32 Å². The first kappa shape index (κ1) is 15.0. The van der Waals surface area contributed by atoms with Gasteiger partial charge in [0.25, 0.3) is 0 Å². The van der Waals surface area contributed by atoms with Crippen molar-refractivity contribution >= 4 is 15.9 Å². The Hall–Kier alpha value is -0.410. The Morgan fingerprint density at radius 1 is 1.32 bits per heavy atom. The molecule has 0 aromatic heterocycles. The zero-order valence-electron chi connectivity index (χ0n) is 11.8. The van der Waals surface area contributed by atoms with Crippen LogP contribution in [0.4, 0.5) is 4.39 Å². The summed E-state index contributed by atoms with van der Waals surface area (Å²) in [4.78, 5) is 0. The van der Waals surface area contributed by atoms with Gasteiger partial charge in [0.2, 0.25) is 0 Å². The summed E-state index contributed by atoms with van der Waals surface area (Å²) >= 11 is 3.50. The summed E-state index contributed by atoms with van der Waals surface area (Å²) in [5.74, 6) is 1.31. The van der Waals surface area contributed by atoms with Crippen molar-refractivity contribution in [3.8, 4) is 0 Å². The topological polar surface area (TPSA) is 12.0 Å². The lowest BCUT2D eigenvalue weighted by atomic mass is 9.76. The highest BCUT2D eigenvalue weighted by Gasteiger charge is 2.29. The van der Waals surface area contributed by atoms with E-state index in [1.807, 2.05) is 13.1 Å². The van der Waals surface area contributed by atoms with Crippen LogP contribution < -0.4 is 5.32 Å². The molecule has 2 rings (SSSR count). The monoisotopic (exact) mass is 327 g/mol. The smallest absolute Gasteiger partial charge is 0.129 e. The maximum Gasteiger partial charge on any atom is 0.129 e. The Labute approximate surface area is 124 Å². The van der Waals surface area contributed by atoms with Crippen LogP contribution in [-0.2, 0) is 0 Å². The van der Waals surface area contributed by atoms with Gasteiger partial charge >= 0.3 is 0 Å². The van der Waals surface area contributed by atoms with E-state index in [4.69, 9.17) is 0 Å². The molecule has 0 amide bonds. The van der Waals surface area contributed by atoms with Gasteiger partial charge in [-0.3, -0.25) is 0 Å². The molecule has 1 saturated carbocycles. The molecule has 1 N–H and O–H groups in total. The molecule has 0 bridgehead atoms. The van der Waals surface area contributed by atoms with E-state index in [1.165, 1.54) is 32.1 Å². The molecule has 0 saturated heterocycles. The predicted molar refractivity (Wildman–Crippen MR) is 81.6 cm³/mol. The van der Waals surface area contributed by atoms with E-state index in [0.717, 1.165) is 16.0 Å². The third kappa shape index (κ3) is 3.38. The van der Waals surface area contributed by atoms with Gasteiger partial charge in [-0.25, -0.2) is 4.39 Å². The Bertz CT molecular complexity index is 393. The summed E-state index contributed by atoms with van der Waals surface area (Å²) in [7, 11) is 1.94. The van der Waals surface area contributed by atoms with E-state index in [-0.39, 0.29) is 11.9 Å². The molecule has 106 valence electrons. The third-order valence-electron chi connectivity index (χ3n) is 4.56. The number of hydrogen-bond donors (Lipinski definition) is 1. The van der Waals surface area contributed by atoms with Gasteiger partial charge in [0.15, 0.2) is 0 Å². The number of hydrogen-bond acceptors (Lipinski definition) is 1. The standard InChI is InChI=1S/C16H23BrFN/c1-3-11-7-9-12(10-8-11)16(19-2)15-13(17)5-4-6-14(15)18/h4-6,11-12,16,19H,3,7-10H2,1-2H3. The van der Waals surface area contributed by atoms with Crippen LogP contribution in [0.5, 0.6) is 0 Å². The van der Waals surface area contributed by atoms with Gasteiger partial charge in [-0.2, -0.15) is 0 Å². The molecule has 19 heavy (non-hydrogen) atoms. The molecule has 1 nitrogen and oxygen atoms in total. The number of benzene rings is 1. The fourth-order valence-corrected chi connectivity index (χ4v) is 3.94. The van der Waals surface area contributed by atoms with Crippen molar-refractivity contribution in [2.75, 3.05) is 7.05 Å². The molecule has 3 heteroatoms. The second-order valence-corrected chi connectivity index (χ2v) is 6.45. The molecule has 1 aliphatic rings. The summed E-state index contributed by atoms with van der Waals surface area (Å²) in [6.45, 7) is 2.27. The number of nitrogens with one attached hydrogen (secondary N) is 1. The van der Waals surface area contributed by atoms with E-state index in [9.17, 15) is 4.39 Å². The van der Waals surface area contributed by atoms with Crippen LogP contribution in [0.2, 0.25) is 0 Å². The molecule has 1 unspecified atom stereocenters. The molecule has 1 atom stereocenters. The van der Waals surface area contributed by atoms with E-state index in [1.54, 1.807) is 12.1 Å². The quantitative estimate of drug-likeness (QED) is 0.814. The van der Waals surface area contributed by atoms with Gasteiger partial charge in [-0.15, -0.1) is 0 Å². The van der Waals surface area contributed by atoms with Gasteiger partial charge in [0.1, 0.15) is 5.82 Å². The predicted octanol–water partition coefficient (Wildman–Crippen LogP) is 5.07. The highest BCUT2D eigenvalue weighted by molar-refractivity contribution is 9.10. The second-order valence-electron chi connectivity index (χ2n) is 5.59. The van der Waals surface area contributed by atoms with Crippen molar-refractivity contribution in [2.45, 2.75) is 45.1 Å². The molecule has 0 radical (unpaired) electrons. The van der Waals surface area contributed by atoms with E-state index < -0.39 is 0 Å². The highest BCUT2D eigenvalue weighted by atomic mass is 79.9. The molecule has 0 aliphatic heterocycles. The van der Waals surface area contributed by atoms with E-state index in [2.05, 4.69) is 28.2 Å². The Kier molecular flexibility index (Phi) is 5.40. The second kappa shape index (κ2) is 6.85. The van der Waals surface area contributed by atoms with Gasteiger partial charge in [0.05, 0.1) is 0 Å². The summed E-state index contributed by atoms with van der Waals surface area (Å²) in [5, 5.41) is 3.33. The molecule has 1 fully saturated rings. The first-order valence-corrected chi connectivity index (χ1v) is 8.07. The van der Waals surface area contributed by atoms with Gasteiger partial charge in [-0.1, -0.05) is 48.2 Å². The van der Waals surface area contributed by atoms with Crippen molar-refractivity contribution in [2.24, 2.45) is 11.8 Å². The lowest BCUT2D eigenvalue weighted by Crippen LogP contribution is -2.29. The van der Waals surface area contributed by atoms with Crippen molar-refractivity contribution in [1.82, 2.24) is 5.32 Å². The van der Waals surface area contributed by atoms with Crippen LogP contribution in [0.3, 0.4) is 0 Å². The summed E-state index contributed by atoms with van der Waals surface area (Å²) in [6.07, 6.45) is 6.24. The third-order valence-corrected chi connectivity index (χ3v) is 5.25. The van der Waals surface area contributed by atoms with Crippen LogP contribution in [0.25, 0.3) is 0 Å². The number of rotatable bonds is 4. The average Bonchev–Trinajstić information content (AvgIpc) is 2.43. The highest BCUT2D eigenvalue weighted by Crippen LogP contribution is 2.40. The minimum Gasteiger partial charge on any atom is -0.313 e. The maximum atomic E-state index is 14.1. The molecule has 1 aromatic carbocycles. The zero-order valence-corrected chi connectivity index (χ0v) is 13.3. The van der Waals surface area contributed by atoms with Crippen molar-refractivity contribution in [1.29, 1.82) is 0 Å². The van der Waals surface area contributed by atoms with E-state index >= 15 is 0 Å².